The maximum atomic E-state index is 10.7. The lowest BCUT2D eigenvalue weighted by Crippen LogP contribution is -1.91. The van der Waals surface area contributed by atoms with Gasteiger partial charge in [-0.2, -0.15) is 5.10 Å². The zero-order chi connectivity index (χ0) is 10.8. The van der Waals surface area contributed by atoms with Gasteiger partial charge >= 0.3 is 0 Å². The van der Waals surface area contributed by atoms with Crippen molar-refractivity contribution in [2.24, 2.45) is 7.05 Å². The summed E-state index contributed by atoms with van der Waals surface area (Å²) >= 11 is 0. The van der Waals surface area contributed by atoms with Gasteiger partial charge in [-0.1, -0.05) is 0 Å². The Hall–Kier alpha value is -2.04. The summed E-state index contributed by atoms with van der Waals surface area (Å²) in [6.45, 7) is 1.91. The third-order valence-corrected chi connectivity index (χ3v) is 1.99. The highest BCUT2D eigenvalue weighted by molar-refractivity contribution is 5.82. The zero-order valence-electron chi connectivity index (χ0n) is 8.51. The van der Waals surface area contributed by atoms with Crippen molar-refractivity contribution in [3.8, 4) is 11.4 Å². The van der Waals surface area contributed by atoms with E-state index in [0.717, 1.165) is 5.56 Å². The zero-order valence-corrected chi connectivity index (χ0v) is 8.51. The number of nitrogens with zero attached hydrogens (tertiary/aromatic N) is 4. The molecule has 0 unspecified atom stereocenters. The molecule has 2 heterocycles. The van der Waals surface area contributed by atoms with Gasteiger partial charge in [0, 0.05) is 25.6 Å². The number of aryl methyl sites for hydroxylation is 2. The van der Waals surface area contributed by atoms with Crippen LogP contribution in [-0.2, 0) is 7.05 Å². The predicted octanol–water partition coefficient (Wildman–Crippen LogP) is 0.998. The number of hydrogen-bond acceptors (Lipinski definition) is 4. The van der Waals surface area contributed by atoms with Crippen LogP contribution in [0.4, 0.5) is 0 Å². The van der Waals surface area contributed by atoms with Gasteiger partial charge < -0.3 is 0 Å². The minimum absolute atomic E-state index is 0.362. The van der Waals surface area contributed by atoms with Gasteiger partial charge in [0.15, 0.2) is 12.1 Å². The monoisotopic (exact) mass is 202 g/mol. The summed E-state index contributed by atoms with van der Waals surface area (Å²) in [5.41, 5.74) is 2.00. The van der Waals surface area contributed by atoms with E-state index in [0.29, 0.717) is 23.4 Å². The van der Waals surface area contributed by atoms with Crippen molar-refractivity contribution < 1.29 is 4.79 Å². The van der Waals surface area contributed by atoms with Crippen LogP contribution in [0.5, 0.6) is 0 Å². The summed E-state index contributed by atoms with van der Waals surface area (Å²) in [5.74, 6) is 0.524. The Kier molecular flexibility index (Phi) is 2.29. The van der Waals surface area contributed by atoms with Gasteiger partial charge in [0.1, 0.15) is 5.69 Å². The van der Waals surface area contributed by atoms with Gasteiger partial charge in [-0.25, -0.2) is 9.97 Å². The Morgan fingerprint density at radius 1 is 1.33 bits per heavy atom. The molecule has 0 saturated carbocycles. The van der Waals surface area contributed by atoms with Gasteiger partial charge in [0.2, 0.25) is 0 Å². The average molecular weight is 202 g/mol. The molecule has 0 aliphatic rings. The highest BCUT2D eigenvalue weighted by Crippen LogP contribution is 2.16. The first-order valence-electron chi connectivity index (χ1n) is 4.48. The molecule has 5 nitrogen and oxygen atoms in total. The second kappa shape index (κ2) is 3.61. The molecule has 5 heteroatoms. The Labute approximate surface area is 86.8 Å². The number of aromatic nitrogens is 4. The first-order valence-corrected chi connectivity index (χ1v) is 4.48. The molecule has 0 bridgehead atoms. The molecule has 0 aliphatic heterocycles. The van der Waals surface area contributed by atoms with Gasteiger partial charge in [-0.05, 0) is 12.5 Å². The molecule has 15 heavy (non-hydrogen) atoms. The molecule has 0 saturated heterocycles. The molecule has 2 rings (SSSR count). The lowest BCUT2D eigenvalue weighted by Gasteiger charge is -1.96. The van der Waals surface area contributed by atoms with E-state index in [9.17, 15) is 4.79 Å². The third-order valence-electron chi connectivity index (χ3n) is 1.99. The minimum atomic E-state index is 0.362. The van der Waals surface area contributed by atoms with Crippen molar-refractivity contribution in [3.05, 3.63) is 29.8 Å². The first-order chi connectivity index (χ1) is 7.20. The van der Waals surface area contributed by atoms with E-state index in [1.807, 2.05) is 6.92 Å². The van der Waals surface area contributed by atoms with E-state index >= 15 is 0 Å². The molecule has 2 aromatic rings. The molecule has 0 aliphatic carbocycles. The Balaban J connectivity index is 2.52. The van der Waals surface area contributed by atoms with E-state index in [4.69, 9.17) is 0 Å². The molecule has 0 amide bonds. The molecule has 0 atom stereocenters. The smallest absolute Gasteiger partial charge is 0.171 e. The van der Waals surface area contributed by atoms with Crippen molar-refractivity contribution >= 4 is 6.29 Å². The van der Waals surface area contributed by atoms with Crippen LogP contribution < -0.4 is 0 Å². The number of rotatable bonds is 2. The van der Waals surface area contributed by atoms with E-state index in [1.165, 1.54) is 0 Å². The number of carbonyl (C=O) groups is 1. The molecule has 2 aromatic heterocycles. The highest BCUT2D eigenvalue weighted by atomic mass is 16.1. The van der Waals surface area contributed by atoms with E-state index in [1.54, 1.807) is 30.3 Å². The van der Waals surface area contributed by atoms with Crippen molar-refractivity contribution in [3.63, 3.8) is 0 Å². The largest absolute Gasteiger partial charge is 0.296 e. The van der Waals surface area contributed by atoms with Crippen LogP contribution in [0.3, 0.4) is 0 Å². The first kappa shape index (κ1) is 9.51. The molecular weight excluding hydrogens is 192 g/mol. The summed E-state index contributed by atoms with van der Waals surface area (Å²) in [4.78, 5) is 19.0. The van der Waals surface area contributed by atoms with Gasteiger partial charge in [-0.3, -0.25) is 9.48 Å². The molecule has 76 valence electrons. The van der Waals surface area contributed by atoms with Crippen LogP contribution in [-0.4, -0.2) is 26.0 Å². The number of hydrogen-bond donors (Lipinski definition) is 0. The summed E-state index contributed by atoms with van der Waals surface area (Å²) in [7, 11) is 1.75. The fourth-order valence-electron chi connectivity index (χ4n) is 1.30. The lowest BCUT2D eigenvalue weighted by molar-refractivity contribution is 0.111. The Morgan fingerprint density at radius 3 is 2.60 bits per heavy atom. The van der Waals surface area contributed by atoms with Crippen molar-refractivity contribution in [2.45, 2.75) is 6.92 Å². The number of aldehydes is 1. The van der Waals surface area contributed by atoms with Gasteiger partial charge in [0.25, 0.3) is 0 Å². The molecule has 0 aromatic carbocycles. The maximum absolute atomic E-state index is 10.7. The lowest BCUT2D eigenvalue weighted by atomic mass is 10.2. The van der Waals surface area contributed by atoms with Crippen LogP contribution in [0.1, 0.15) is 16.1 Å². The molecule has 0 N–H and O–H groups in total. The normalized spacial score (nSPS) is 10.3. The van der Waals surface area contributed by atoms with Gasteiger partial charge in [0.05, 0.1) is 5.56 Å². The molecule has 0 radical (unpaired) electrons. The van der Waals surface area contributed by atoms with E-state index < -0.39 is 0 Å². The quantitative estimate of drug-likeness (QED) is 0.681. The predicted molar refractivity (Wildman–Crippen MR) is 54.4 cm³/mol. The number of carbonyl (C=O) groups excluding carboxylic acids is 1. The van der Waals surface area contributed by atoms with Crippen LogP contribution >= 0.6 is 0 Å². The van der Waals surface area contributed by atoms with Crippen LogP contribution in [0.2, 0.25) is 0 Å². The average Bonchev–Trinajstić information content (AvgIpc) is 2.61. The second-order valence-corrected chi connectivity index (χ2v) is 3.30. The van der Waals surface area contributed by atoms with Crippen LogP contribution in [0.25, 0.3) is 11.4 Å². The standard InChI is InChI=1S/C10H10N4O/c1-7-3-11-10(12-4-7)8-5-14(2)13-9(8)6-15/h3-6H,1-2H3. The third kappa shape index (κ3) is 1.76. The van der Waals surface area contributed by atoms with Crippen LogP contribution in [0.15, 0.2) is 18.6 Å². The fraction of sp³-hybridized carbons (Fsp3) is 0.200. The SMILES string of the molecule is Cc1cnc(-c2cn(C)nc2C=O)nc1. The summed E-state index contributed by atoms with van der Waals surface area (Å²) < 4.78 is 1.57. The Bertz CT molecular complexity index is 487. The van der Waals surface area contributed by atoms with Crippen molar-refractivity contribution in [1.82, 2.24) is 19.7 Å². The summed E-state index contributed by atoms with van der Waals surface area (Å²) in [6, 6.07) is 0. The van der Waals surface area contributed by atoms with E-state index in [-0.39, 0.29) is 0 Å². The topological polar surface area (TPSA) is 60.7 Å². The maximum Gasteiger partial charge on any atom is 0.171 e. The summed E-state index contributed by atoms with van der Waals surface area (Å²) in [6.07, 6.45) is 5.86. The fourth-order valence-corrected chi connectivity index (χ4v) is 1.30. The summed E-state index contributed by atoms with van der Waals surface area (Å²) in [5, 5.41) is 4.00. The minimum Gasteiger partial charge on any atom is -0.296 e. The second-order valence-electron chi connectivity index (χ2n) is 3.30. The molecular formula is C10H10N4O. The van der Waals surface area contributed by atoms with Crippen molar-refractivity contribution in [1.29, 1.82) is 0 Å². The Morgan fingerprint density at radius 2 is 2.00 bits per heavy atom. The van der Waals surface area contributed by atoms with Crippen molar-refractivity contribution in [2.75, 3.05) is 0 Å². The van der Waals surface area contributed by atoms with E-state index in [2.05, 4.69) is 15.1 Å². The highest BCUT2D eigenvalue weighted by Gasteiger charge is 2.10. The molecule has 0 spiro atoms. The van der Waals surface area contributed by atoms with Crippen LogP contribution in [0, 0.1) is 6.92 Å². The molecule has 0 fully saturated rings. The van der Waals surface area contributed by atoms with Gasteiger partial charge in [-0.15, -0.1) is 0 Å².